The highest BCUT2D eigenvalue weighted by Crippen LogP contribution is 2.35. The second kappa shape index (κ2) is 5.32. The van der Waals surface area contributed by atoms with Gasteiger partial charge in [0.15, 0.2) is 0 Å². The van der Waals surface area contributed by atoms with Gasteiger partial charge in [-0.05, 0) is 5.41 Å². The number of hydrogen-bond acceptors (Lipinski definition) is 3. The van der Waals surface area contributed by atoms with E-state index in [9.17, 15) is 0 Å². The first-order chi connectivity index (χ1) is 3.43. The summed E-state index contributed by atoms with van der Waals surface area (Å²) in [5, 5.41) is 1.88. The van der Waals surface area contributed by atoms with Crippen LogP contribution in [0.25, 0.3) is 0 Å². The first-order valence-electron chi connectivity index (χ1n) is 2.03. The average Bonchev–Trinajstić information content (AvgIpc) is 2.14. The van der Waals surface area contributed by atoms with Crippen LogP contribution >= 0.6 is 60.1 Å². The van der Waals surface area contributed by atoms with Crippen LogP contribution in [-0.4, -0.2) is 11.5 Å². The first kappa shape index (κ1) is 9.52. The molecule has 8 heavy (non-hydrogen) atoms. The van der Waals surface area contributed by atoms with Crippen LogP contribution in [0.2, 0.25) is 0 Å². The van der Waals surface area contributed by atoms with Gasteiger partial charge in [0.1, 0.15) is 0 Å². The Labute approximate surface area is 80.7 Å². The van der Waals surface area contributed by atoms with Gasteiger partial charge in [0.2, 0.25) is 0 Å². The van der Waals surface area contributed by atoms with E-state index in [0.29, 0.717) is 0 Å². The molecule has 1 heterocycles. The van der Waals surface area contributed by atoms with E-state index in [4.69, 9.17) is 0 Å². The van der Waals surface area contributed by atoms with Gasteiger partial charge in [-0.15, -0.1) is 60.1 Å². The van der Waals surface area contributed by atoms with Crippen LogP contribution in [0.4, 0.5) is 0 Å². The molecule has 0 amide bonds. The van der Waals surface area contributed by atoms with Gasteiger partial charge in [0.05, 0.1) is 0 Å². The van der Waals surface area contributed by atoms with E-state index >= 15 is 0 Å². The van der Waals surface area contributed by atoms with E-state index in [-0.39, 0.29) is 24.0 Å². The number of hydrogen-bond donors (Lipinski definition) is 1. The summed E-state index contributed by atoms with van der Waals surface area (Å²) in [6, 6.07) is 0. The van der Waals surface area contributed by atoms with Crippen molar-refractivity contribution >= 4 is 60.1 Å². The second-order valence-corrected chi connectivity index (χ2v) is 3.94. The zero-order chi connectivity index (χ0) is 5.11. The maximum absolute atomic E-state index is 4.01. The first-order valence-corrected chi connectivity index (χ1v) is 4.52. The molecule has 0 aliphatic carbocycles. The monoisotopic (exact) mass is 278 g/mol. The van der Waals surface area contributed by atoms with E-state index in [0.717, 1.165) is 0 Å². The Kier molecular flexibility index (Phi) is 6.33. The third kappa shape index (κ3) is 2.89. The summed E-state index contributed by atoms with van der Waals surface area (Å²) in [6.45, 7) is 0. The molecule has 0 nitrogen and oxygen atoms in total. The largest absolute Gasteiger partial charge is 0.150 e. The number of thiol groups is 1. The fourth-order valence-electron chi connectivity index (χ4n) is 0.401. The molecular formula is C4H7IS3. The Morgan fingerprint density at radius 2 is 1.88 bits per heavy atom. The SMILES string of the molecule is I.SC=C1SCCS1. The number of rotatable bonds is 0. The molecule has 1 rings (SSSR count). The molecule has 4 heteroatoms. The van der Waals surface area contributed by atoms with Crippen molar-refractivity contribution in [2.45, 2.75) is 0 Å². The van der Waals surface area contributed by atoms with Gasteiger partial charge in [-0.2, -0.15) is 0 Å². The second-order valence-electron chi connectivity index (χ2n) is 1.15. The lowest BCUT2D eigenvalue weighted by atomic mass is 11.0. The molecule has 0 unspecified atom stereocenters. The van der Waals surface area contributed by atoms with Crippen LogP contribution in [0.5, 0.6) is 0 Å². The molecule has 1 aliphatic heterocycles. The molecule has 0 spiro atoms. The van der Waals surface area contributed by atoms with Gasteiger partial charge in [-0.3, -0.25) is 0 Å². The Morgan fingerprint density at radius 1 is 1.38 bits per heavy atom. The van der Waals surface area contributed by atoms with Crippen molar-refractivity contribution in [2.24, 2.45) is 0 Å². The van der Waals surface area contributed by atoms with Gasteiger partial charge in [-0.1, -0.05) is 0 Å². The van der Waals surface area contributed by atoms with Crippen molar-refractivity contribution in [1.82, 2.24) is 0 Å². The zero-order valence-corrected chi connectivity index (χ0v) is 9.02. The molecule has 48 valence electrons. The smallest absolute Gasteiger partial charge is 0.0462 e. The minimum absolute atomic E-state index is 0. The third-order valence-electron chi connectivity index (χ3n) is 0.677. The minimum atomic E-state index is 0. The van der Waals surface area contributed by atoms with Crippen LogP contribution in [0.3, 0.4) is 0 Å². The molecule has 1 saturated heterocycles. The van der Waals surface area contributed by atoms with E-state index < -0.39 is 0 Å². The fourth-order valence-corrected chi connectivity index (χ4v) is 2.90. The Bertz CT molecular complexity index is 83.3. The number of thioether (sulfide) groups is 2. The summed E-state index contributed by atoms with van der Waals surface area (Å²) in [7, 11) is 0. The summed E-state index contributed by atoms with van der Waals surface area (Å²) in [5.41, 5.74) is 0. The average molecular weight is 278 g/mol. The topological polar surface area (TPSA) is 0 Å². The van der Waals surface area contributed by atoms with E-state index in [1.54, 1.807) is 0 Å². The van der Waals surface area contributed by atoms with Gasteiger partial charge in [-0.25, -0.2) is 0 Å². The van der Waals surface area contributed by atoms with Crippen molar-refractivity contribution in [3.05, 3.63) is 9.65 Å². The molecule has 0 aromatic carbocycles. The Balaban J connectivity index is 0.000000490. The zero-order valence-electron chi connectivity index (χ0n) is 4.16. The van der Waals surface area contributed by atoms with Crippen molar-refractivity contribution in [2.75, 3.05) is 11.5 Å². The molecule has 0 radical (unpaired) electrons. The van der Waals surface area contributed by atoms with Crippen LogP contribution in [0, 0.1) is 0 Å². The van der Waals surface area contributed by atoms with Crippen LogP contribution in [0.15, 0.2) is 9.65 Å². The molecule has 0 atom stereocenters. The predicted molar refractivity (Wildman–Crippen MR) is 57.4 cm³/mol. The Hall–Kier alpha value is 1.52. The van der Waals surface area contributed by atoms with E-state index in [1.165, 1.54) is 15.7 Å². The van der Waals surface area contributed by atoms with Crippen molar-refractivity contribution < 1.29 is 0 Å². The lowest BCUT2D eigenvalue weighted by Crippen LogP contribution is -1.64. The van der Waals surface area contributed by atoms with Gasteiger partial charge < -0.3 is 0 Å². The van der Waals surface area contributed by atoms with Crippen LogP contribution in [0.1, 0.15) is 0 Å². The normalized spacial score (nSPS) is 17.9. The summed E-state index contributed by atoms with van der Waals surface area (Å²) in [6.07, 6.45) is 0. The van der Waals surface area contributed by atoms with Gasteiger partial charge in [0, 0.05) is 15.7 Å². The molecule has 0 N–H and O–H groups in total. The van der Waals surface area contributed by atoms with Gasteiger partial charge >= 0.3 is 0 Å². The highest BCUT2D eigenvalue weighted by Gasteiger charge is 2.04. The third-order valence-corrected chi connectivity index (χ3v) is 3.87. The molecular weight excluding hydrogens is 271 g/mol. The van der Waals surface area contributed by atoms with E-state index in [1.807, 2.05) is 28.9 Å². The van der Waals surface area contributed by atoms with Crippen molar-refractivity contribution in [3.63, 3.8) is 0 Å². The molecule has 0 aromatic heterocycles. The summed E-state index contributed by atoms with van der Waals surface area (Å²) >= 11 is 7.79. The molecule has 0 aromatic rings. The van der Waals surface area contributed by atoms with Gasteiger partial charge in [0.25, 0.3) is 0 Å². The summed E-state index contributed by atoms with van der Waals surface area (Å²) in [4.78, 5) is 0. The number of halogens is 1. The van der Waals surface area contributed by atoms with Crippen molar-refractivity contribution in [1.29, 1.82) is 0 Å². The maximum Gasteiger partial charge on any atom is 0.0462 e. The maximum atomic E-state index is 4.01. The highest BCUT2D eigenvalue weighted by molar-refractivity contribution is 14.0. The van der Waals surface area contributed by atoms with Crippen molar-refractivity contribution in [3.8, 4) is 0 Å². The summed E-state index contributed by atoms with van der Waals surface area (Å²) in [5.74, 6) is 2.52. The molecule has 1 aliphatic rings. The minimum Gasteiger partial charge on any atom is -0.150 e. The van der Waals surface area contributed by atoms with Crippen LogP contribution in [-0.2, 0) is 0 Å². The standard InChI is InChI=1S/C4H6S3.HI/c5-3-4-6-1-2-7-4;/h3,5H,1-2H2;1H. The quantitative estimate of drug-likeness (QED) is 0.534. The van der Waals surface area contributed by atoms with E-state index in [2.05, 4.69) is 12.6 Å². The fraction of sp³-hybridized carbons (Fsp3) is 0.500. The highest BCUT2D eigenvalue weighted by atomic mass is 127. The molecule has 0 bridgehead atoms. The molecule has 1 fully saturated rings. The Morgan fingerprint density at radius 3 is 2.12 bits per heavy atom. The lowest BCUT2D eigenvalue weighted by molar-refractivity contribution is 1.59. The summed E-state index contributed by atoms with van der Waals surface area (Å²) < 4.78 is 1.36. The lowest BCUT2D eigenvalue weighted by Gasteiger charge is -1.83. The van der Waals surface area contributed by atoms with Crippen LogP contribution < -0.4 is 0 Å². The predicted octanol–water partition coefficient (Wildman–Crippen LogP) is 2.81. The molecule has 0 saturated carbocycles.